The van der Waals surface area contributed by atoms with Crippen molar-refractivity contribution >= 4 is 20.1 Å². The molecule has 3 rings (SSSR count). The van der Waals surface area contributed by atoms with E-state index in [2.05, 4.69) is 0 Å². The second-order valence-corrected chi connectivity index (χ2v) is 10.7. The molecular formula is C22H21F2NO5S2. The minimum absolute atomic E-state index is 0.0162. The van der Waals surface area contributed by atoms with Crippen molar-refractivity contribution < 1.29 is 29.8 Å². The van der Waals surface area contributed by atoms with E-state index in [0.29, 0.717) is 5.56 Å². The molecule has 0 aromatic heterocycles. The largest absolute Gasteiger partial charge is 0.379 e. The Morgan fingerprint density at radius 2 is 1.22 bits per heavy atom. The summed E-state index contributed by atoms with van der Waals surface area (Å²) in [6.07, 6.45) is 0. The molecule has 0 aliphatic rings. The molecule has 170 valence electrons. The Labute approximate surface area is 186 Å². The fourth-order valence-corrected chi connectivity index (χ4v) is 5.45. The Kier molecular flexibility index (Phi) is 6.97. The van der Waals surface area contributed by atoms with Crippen molar-refractivity contribution in [2.45, 2.75) is 36.2 Å². The number of halogens is 2. The summed E-state index contributed by atoms with van der Waals surface area (Å²) in [5.41, 5.74) is 0.593. The fourth-order valence-electron chi connectivity index (χ4n) is 2.89. The van der Waals surface area contributed by atoms with Crippen LogP contribution in [0.2, 0.25) is 0 Å². The van der Waals surface area contributed by atoms with Crippen molar-refractivity contribution in [1.82, 2.24) is 4.31 Å². The van der Waals surface area contributed by atoms with Gasteiger partial charge in [0.05, 0.1) is 4.90 Å². The predicted octanol–water partition coefficient (Wildman–Crippen LogP) is 4.33. The molecule has 0 N–H and O–H groups in total. The summed E-state index contributed by atoms with van der Waals surface area (Å²) in [4.78, 5) is -0.225. The summed E-state index contributed by atoms with van der Waals surface area (Å²) in [5.74, 6) is -1.08. The summed E-state index contributed by atoms with van der Waals surface area (Å²) in [5, 5.41) is 0. The number of rotatable bonds is 8. The standard InChI is InChI=1S/C22H21F2NO5S2/c1-16(2)25(31(26,27)21-11-5-18(23)6-12-21)15-17-3-9-20(10-4-17)30-32(28,29)22-13-7-19(24)8-14-22/h3-14,16H,15H2,1-2H3. The predicted molar refractivity (Wildman–Crippen MR) is 115 cm³/mol. The maximum absolute atomic E-state index is 13.2. The quantitative estimate of drug-likeness (QED) is 0.448. The lowest BCUT2D eigenvalue weighted by Crippen LogP contribution is -2.36. The first-order valence-electron chi connectivity index (χ1n) is 9.55. The van der Waals surface area contributed by atoms with Crippen molar-refractivity contribution in [1.29, 1.82) is 0 Å². The van der Waals surface area contributed by atoms with Gasteiger partial charge in [-0.3, -0.25) is 0 Å². The van der Waals surface area contributed by atoms with Crippen LogP contribution in [0.15, 0.2) is 82.6 Å². The van der Waals surface area contributed by atoms with Crippen LogP contribution in [0.5, 0.6) is 5.75 Å². The molecule has 6 nitrogen and oxygen atoms in total. The lowest BCUT2D eigenvalue weighted by atomic mass is 10.2. The lowest BCUT2D eigenvalue weighted by molar-refractivity contribution is 0.348. The van der Waals surface area contributed by atoms with Crippen molar-refractivity contribution in [2.75, 3.05) is 0 Å². The van der Waals surface area contributed by atoms with E-state index in [0.717, 1.165) is 36.4 Å². The second-order valence-electron chi connectivity index (χ2n) is 7.23. The molecule has 10 heteroatoms. The van der Waals surface area contributed by atoms with Gasteiger partial charge in [-0.2, -0.15) is 12.7 Å². The van der Waals surface area contributed by atoms with Crippen LogP contribution in [0.1, 0.15) is 19.4 Å². The van der Waals surface area contributed by atoms with Crippen LogP contribution in [-0.4, -0.2) is 27.2 Å². The van der Waals surface area contributed by atoms with E-state index in [1.807, 2.05) is 0 Å². The number of nitrogens with zero attached hydrogens (tertiary/aromatic N) is 1. The van der Waals surface area contributed by atoms with Crippen LogP contribution in [0.3, 0.4) is 0 Å². The van der Waals surface area contributed by atoms with Gasteiger partial charge in [-0.15, -0.1) is 0 Å². The third-order valence-electron chi connectivity index (χ3n) is 4.57. The Morgan fingerprint density at radius 1 is 0.750 bits per heavy atom. The van der Waals surface area contributed by atoms with Gasteiger partial charge in [-0.05, 0) is 80.1 Å². The van der Waals surface area contributed by atoms with Crippen LogP contribution >= 0.6 is 0 Å². The molecule has 0 amide bonds. The minimum atomic E-state index is -4.15. The van der Waals surface area contributed by atoms with Gasteiger partial charge in [0.2, 0.25) is 10.0 Å². The first-order chi connectivity index (χ1) is 15.0. The van der Waals surface area contributed by atoms with Crippen molar-refractivity contribution in [2.24, 2.45) is 0 Å². The Bertz CT molecular complexity index is 1270. The molecule has 0 atom stereocenters. The number of sulfonamides is 1. The van der Waals surface area contributed by atoms with Gasteiger partial charge in [0.15, 0.2) is 0 Å². The summed E-state index contributed by atoms with van der Waals surface area (Å²) in [6, 6.07) is 14.3. The van der Waals surface area contributed by atoms with Gasteiger partial charge >= 0.3 is 10.1 Å². The minimum Gasteiger partial charge on any atom is -0.379 e. The van der Waals surface area contributed by atoms with Gasteiger partial charge in [0, 0.05) is 12.6 Å². The Morgan fingerprint density at radius 3 is 1.69 bits per heavy atom. The summed E-state index contributed by atoms with van der Waals surface area (Å²) in [6.45, 7) is 3.45. The van der Waals surface area contributed by atoms with Crippen molar-refractivity contribution in [3.63, 3.8) is 0 Å². The number of benzene rings is 3. The number of hydrogen-bond acceptors (Lipinski definition) is 5. The monoisotopic (exact) mass is 481 g/mol. The van der Waals surface area contributed by atoms with E-state index >= 15 is 0 Å². The molecule has 0 spiro atoms. The normalized spacial score (nSPS) is 12.3. The molecule has 0 saturated heterocycles. The third kappa shape index (κ3) is 5.50. The highest BCUT2D eigenvalue weighted by molar-refractivity contribution is 7.89. The highest BCUT2D eigenvalue weighted by atomic mass is 32.2. The van der Waals surface area contributed by atoms with E-state index in [1.54, 1.807) is 26.0 Å². The summed E-state index contributed by atoms with van der Waals surface area (Å²) >= 11 is 0. The summed E-state index contributed by atoms with van der Waals surface area (Å²) < 4.78 is 83.2. The zero-order valence-corrected chi connectivity index (χ0v) is 18.9. The summed E-state index contributed by atoms with van der Waals surface area (Å²) in [7, 11) is -8.03. The van der Waals surface area contributed by atoms with E-state index in [4.69, 9.17) is 4.18 Å². The second kappa shape index (κ2) is 9.35. The van der Waals surface area contributed by atoms with Gasteiger partial charge in [0.25, 0.3) is 0 Å². The zero-order valence-electron chi connectivity index (χ0n) is 17.3. The van der Waals surface area contributed by atoms with Crippen LogP contribution in [0, 0.1) is 11.6 Å². The molecule has 0 unspecified atom stereocenters. The first-order valence-corrected chi connectivity index (χ1v) is 12.4. The molecule has 0 fully saturated rings. The highest BCUT2D eigenvalue weighted by Gasteiger charge is 2.27. The maximum atomic E-state index is 13.2. The molecule has 3 aromatic carbocycles. The molecule has 0 aliphatic heterocycles. The van der Waals surface area contributed by atoms with E-state index in [1.165, 1.54) is 28.6 Å². The third-order valence-corrected chi connectivity index (χ3v) is 7.86. The topological polar surface area (TPSA) is 80.8 Å². The van der Waals surface area contributed by atoms with Crippen LogP contribution in [0.4, 0.5) is 8.78 Å². The smallest absolute Gasteiger partial charge is 0.339 e. The van der Waals surface area contributed by atoms with Crippen molar-refractivity contribution in [3.8, 4) is 5.75 Å². The van der Waals surface area contributed by atoms with E-state index in [9.17, 15) is 25.6 Å². The average Bonchev–Trinajstić information content (AvgIpc) is 2.73. The van der Waals surface area contributed by atoms with E-state index in [-0.39, 0.29) is 28.1 Å². The van der Waals surface area contributed by atoms with E-state index < -0.39 is 31.8 Å². The van der Waals surface area contributed by atoms with Gasteiger partial charge in [0.1, 0.15) is 22.3 Å². The molecule has 0 bridgehead atoms. The molecule has 0 aliphatic carbocycles. The lowest BCUT2D eigenvalue weighted by Gasteiger charge is -2.26. The molecular weight excluding hydrogens is 460 g/mol. The molecule has 0 saturated carbocycles. The van der Waals surface area contributed by atoms with Gasteiger partial charge in [-0.25, -0.2) is 17.2 Å². The molecule has 0 heterocycles. The number of hydrogen-bond donors (Lipinski definition) is 0. The maximum Gasteiger partial charge on any atom is 0.339 e. The van der Waals surface area contributed by atoms with Crippen LogP contribution in [-0.2, 0) is 26.7 Å². The zero-order chi connectivity index (χ0) is 23.5. The Hall–Kier alpha value is -2.82. The van der Waals surface area contributed by atoms with Crippen LogP contribution in [0.25, 0.3) is 0 Å². The highest BCUT2D eigenvalue weighted by Crippen LogP contribution is 2.24. The molecule has 0 radical (unpaired) electrons. The molecule has 32 heavy (non-hydrogen) atoms. The first kappa shape index (κ1) is 23.8. The fraction of sp³-hybridized carbons (Fsp3) is 0.182. The average molecular weight is 482 g/mol. The van der Waals surface area contributed by atoms with Crippen LogP contribution < -0.4 is 4.18 Å². The van der Waals surface area contributed by atoms with Gasteiger partial charge in [-0.1, -0.05) is 12.1 Å². The SMILES string of the molecule is CC(C)N(Cc1ccc(OS(=O)(=O)c2ccc(F)cc2)cc1)S(=O)(=O)c1ccc(F)cc1. The van der Waals surface area contributed by atoms with Gasteiger partial charge < -0.3 is 4.18 Å². The van der Waals surface area contributed by atoms with Crippen molar-refractivity contribution in [3.05, 3.63) is 90.0 Å². The Balaban J connectivity index is 1.78. The molecule has 3 aromatic rings.